The number of nitrogens with zero attached hydrogens (tertiary/aromatic N) is 1. The number of esters is 1. The molecule has 3 fully saturated rings. The van der Waals surface area contributed by atoms with Crippen LogP contribution in [0.3, 0.4) is 0 Å². The van der Waals surface area contributed by atoms with E-state index in [0.29, 0.717) is 17.9 Å². The molecule has 1 aromatic rings. The summed E-state index contributed by atoms with van der Waals surface area (Å²) in [6.07, 6.45) is 0.846. The molecule has 7 nitrogen and oxygen atoms in total. The lowest BCUT2D eigenvalue weighted by atomic mass is 9.81. The lowest BCUT2D eigenvalue weighted by Gasteiger charge is -2.28. The minimum absolute atomic E-state index is 0.106. The number of rotatable bonds is 6. The number of likely N-dealkylation sites (tertiary alicyclic amines) is 1. The molecule has 0 aromatic heterocycles. The molecule has 0 spiro atoms. The molecule has 32 heavy (non-hydrogen) atoms. The summed E-state index contributed by atoms with van der Waals surface area (Å²) in [6.45, 7) is 5.82. The number of halogens is 2. The molecule has 2 aliphatic carbocycles. The van der Waals surface area contributed by atoms with E-state index in [0.717, 1.165) is 11.3 Å². The van der Waals surface area contributed by atoms with Crippen molar-refractivity contribution in [3.63, 3.8) is 0 Å². The van der Waals surface area contributed by atoms with E-state index in [1.165, 1.54) is 0 Å². The Labute approximate surface area is 203 Å². The summed E-state index contributed by atoms with van der Waals surface area (Å²) >= 11 is 7.33. The number of imide groups is 1. The second kappa shape index (κ2) is 8.89. The molecule has 2 saturated carbocycles. The average Bonchev–Trinajstić information content (AvgIpc) is 3.36. The number of hydrogen-bond acceptors (Lipinski definition) is 5. The van der Waals surface area contributed by atoms with Crippen LogP contribution in [-0.2, 0) is 19.1 Å². The average molecular weight is 570 g/mol. The van der Waals surface area contributed by atoms with E-state index in [-0.39, 0.29) is 51.1 Å². The molecule has 1 N–H and O–H groups in total. The zero-order chi connectivity index (χ0) is 23.3. The zero-order valence-corrected chi connectivity index (χ0v) is 21.3. The molecule has 9 heteroatoms. The lowest BCUT2D eigenvalue weighted by molar-refractivity contribution is -0.146. The number of carbonyl (C=O) groups excluding carboxylic acids is 4. The summed E-state index contributed by atoms with van der Waals surface area (Å²) in [5.74, 6) is -1.61. The standard InChI is InChI=1S/C23H26Br2N2O5/c1-10(2)9-32-23(31)12-4-6-13(7-5-12)26-20(28)11(3)27-21(29)16-14-8-15(17(16)22(27)30)19(25)18(14)24/h4-7,10-11,14-19H,8-9H2,1-3H3,(H,26,28)/t11-,14-,15-,16-,17+,18-,19+/m0/s1. The van der Waals surface area contributed by atoms with Crippen LogP contribution in [0.4, 0.5) is 5.69 Å². The van der Waals surface area contributed by atoms with Crippen LogP contribution in [0.5, 0.6) is 0 Å². The predicted octanol–water partition coefficient (Wildman–Crippen LogP) is 3.60. The number of benzene rings is 1. The van der Waals surface area contributed by atoms with Crippen LogP contribution in [0.25, 0.3) is 0 Å². The van der Waals surface area contributed by atoms with Crippen molar-refractivity contribution < 1.29 is 23.9 Å². The maximum atomic E-state index is 13.1. The van der Waals surface area contributed by atoms with Gasteiger partial charge in [-0.15, -0.1) is 0 Å². The number of anilines is 1. The summed E-state index contributed by atoms with van der Waals surface area (Å²) in [5.41, 5.74) is 0.862. The van der Waals surface area contributed by atoms with Crippen LogP contribution < -0.4 is 5.32 Å². The Kier molecular flexibility index (Phi) is 6.51. The van der Waals surface area contributed by atoms with Crippen LogP contribution >= 0.6 is 31.9 Å². The number of carbonyl (C=O) groups is 4. The van der Waals surface area contributed by atoms with Gasteiger partial charge in [0.25, 0.3) is 0 Å². The molecule has 3 aliphatic rings. The summed E-state index contributed by atoms with van der Waals surface area (Å²) in [6, 6.07) is 5.43. The molecule has 1 aromatic carbocycles. The van der Waals surface area contributed by atoms with Crippen LogP contribution in [0.15, 0.2) is 24.3 Å². The molecule has 0 radical (unpaired) electrons. The van der Waals surface area contributed by atoms with Gasteiger partial charge in [0.2, 0.25) is 17.7 Å². The van der Waals surface area contributed by atoms with Crippen molar-refractivity contribution in [2.75, 3.05) is 11.9 Å². The van der Waals surface area contributed by atoms with E-state index in [1.807, 2.05) is 13.8 Å². The fourth-order valence-corrected chi connectivity index (χ4v) is 7.01. The monoisotopic (exact) mass is 568 g/mol. The molecular weight excluding hydrogens is 544 g/mol. The Bertz CT molecular complexity index is 918. The number of alkyl halides is 2. The Morgan fingerprint density at radius 3 is 2.06 bits per heavy atom. The normalized spacial score (nSPS) is 31.8. The maximum Gasteiger partial charge on any atom is 0.338 e. The highest BCUT2D eigenvalue weighted by Gasteiger charge is 2.67. The van der Waals surface area contributed by atoms with Crippen molar-refractivity contribution in [1.29, 1.82) is 0 Å². The third-order valence-electron chi connectivity index (χ3n) is 6.72. The van der Waals surface area contributed by atoms with Crippen molar-refractivity contribution in [3.05, 3.63) is 29.8 Å². The van der Waals surface area contributed by atoms with Crippen LogP contribution in [0, 0.1) is 29.6 Å². The first-order valence-electron chi connectivity index (χ1n) is 10.8. The van der Waals surface area contributed by atoms with E-state index in [1.54, 1.807) is 31.2 Å². The predicted molar refractivity (Wildman–Crippen MR) is 126 cm³/mol. The largest absolute Gasteiger partial charge is 0.462 e. The highest BCUT2D eigenvalue weighted by atomic mass is 79.9. The van der Waals surface area contributed by atoms with Gasteiger partial charge in [-0.3, -0.25) is 19.3 Å². The number of hydrogen-bond donors (Lipinski definition) is 1. The van der Waals surface area contributed by atoms with Gasteiger partial charge in [-0.1, -0.05) is 45.7 Å². The summed E-state index contributed by atoms with van der Waals surface area (Å²) in [5, 5.41) is 2.74. The van der Waals surface area contributed by atoms with Gasteiger partial charge in [-0.25, -0.2) is 4.79 Å². The van der Waals surface area contributed by atoms with Gasteiger partial charge in [0, 0.05) is 15.3 Å². The Balaban J connectivity index is 1.41. The third kappa shape index (κ3) is 3.91. The van der Waals surface area contributed by atoms with Crippen molar-refractivity contribution >= 4 is 61.2 Å². The molecule has 7 atom stereocenters. The van der Waals surface area contributed by atoms with Gasteiger partial charge < -0.3 is 10.1 Å². The molecule has 3 amide bonds. The Morgan fingerprint density at radius 1 is 1.03 bits per heavy atom. The first-order valence-corrected chi connectivity index (χ1v) is 12.7. The van der Waals surface area contributed by atoms with Crippen molar-refractivity contribution in [3.8, 4) is 0 Å². The van der Waals surface area contributed by atoms with Gasteiger partial charge in [0.15, 0.2) is 0 Å². The summed E-state index contributed by atoms with van der Waals surface area (Å²) < 4.78 is 5.20. The van der Waals surface area contributed by atoms with E-state index >= 15 is 0 Å². The molecule has 1 aliphatic heterocycles. The molecule has 4 rings (SSSR count). The molecule has 1 saturated heterocycles. The van der Waals surface area contributed by atoms with Crippen molar-refractivity contribution in [2.45, 2.75) is 42.9 Å². The molecular formula is C23H26Br2N2O5. The Morgan fingerprint density at radius 2 is 1.56 bits per heavy atom. The highest BCUT2D eigenvalue weighted by Crippen LogP contribution is 2.60. The van der Waals surface area contributed by atoms with Crippen molar-refractivity contribution in [2.24, 2.45) is 29.6 Å². The fraction of sp³-hybridized carbons (Fsp3) is 0.565. The summed E-state index contributed by atoms with van der Waals surface area (Å²) in [4.78, 5) is 52.5. The summed E-state index contributed by atoms with van der Waals surface area (Å²) in [7, 11) is 0. The van der Waals surface area contributed by atoms with Crippen LogP contribution in [0.2, 0.25) is 0 Å². The van der Waals surface area contributed by atoms with E-state index in [2.05, 4.69) is 37.2 Å². The van der Waals surface area contributed by atoms with E-state index in [9.17, 15) is 19.2 Å². The van der Waals surface area contributed by atoms with E-state index < -0.39 is 17.9 Å². The number of amides is 3. The zero-order valence-electron chi connectivity index (χ0n) is 18.1. The second-order valence-corrected chi connectivity index (χ2v) is 11.4. The van der Waals surface area contributed by atoms with Crippen LogP contribution in [-0.4, -0.2) is 50.9 Å². The van der Waals surface area contributed by atoms with Crippen LogP contribution in [0.1, 0.15) is 37.6 Å². The molecule has 1 heterocycles. The third-order valence-corrected chi connectivity index (χ3v) is 9.93. The molecule has 0 unspecified atom stereocenters. The lowest BCUT2D eigenvalue weighted by Crippen LogP contribution is -2.46. The van der Waals surface area contributed by atoms with Gasteiger partial charge in [-0.05, 0) is 55.4 Å². The Hall–Kier alpha value is -1.74. The maximum absolute atomic E-state index is 13.1. The molecule has 172 valence electrons. The SMILES string of the molecule is CC(C)COC(=O)c1ccc(NC(=O)[C@H](C)N2C(=O)[C@@H]3[C@@H]4C[C@H]([C@H](Br)[C@@H]4Br)[C@@H]3C2=O)cc1. The van der Waals surface area contributed by atoms with Crippen molar-refractivity contribution in [1.82, 2.24) is 4.90 Å². The topological polar surface area (TPSA) is 92.8 Å². The minimum Gasteiger partial charge on any atom is -0.462 e. The number of nitrogens with one attached hydrogen (secondary N) is 1. The fourth-order valence-electron chi connectivity index (χ4n) is 5.13. The quantitative estimate of drug-likeness (QED) is 0.321. The van der Waals surface area contributed by atoms with Gasteiger partial charge in [0.05, 0.1) is 24.0 Å². The van der Waals surface area contributed by atoms with Gasteiger partial charge in [-0.2, -0.15) is 0 Å². The van der Waals surface area contributed by atoms with Gasteiger partial charge in [0.1, 0.15) is 6.04 Å². The number of fused-ring (bicyclic) bond motifs is 5. The van der Waals surface area contributed by atoms with Gasteiger partial charge >= 0.3 is 5.97 Å². The first kappa shape index (κ1) is 23.4. The second-order valence-electron chi connectivity index (χ2n) is 9.29. The van der Waals surface area contributed by atoms with E-state index in [4.69, 9.17) is 4.74 Å². The minimum atomic E-state index is -0.918. The first-order chi connectivity index (χ1) is 15.1. The number of ether oxygens (including phenoxy) is 1. The highest BCUT2D eigenvalue weighted by molar-refractivity contribution is 9.12. The smallest absolute Gasteiger partial charge is 0.338 e. The molecule has 2 bridgehead atoms.